The third-order valence-electron chi connectivity index (χ3n) is 1.83. The summed E-state index contributed by atoms with van der Waals surface area (Å²) in [5.74, 6) is 0. The monoisotopic (exact) mass is 181 g/mol. The van der Waals surface area contributed by atoms with Gasteiger partial charge >= 0.3 is 0 Å². The zero-order chi connectivity index (χ0) is 8.55. The Bertz CT molecular complexity index is 385. The molecule has 5 heteroatoms. The zero-order valence-electron chi connectivity index (χ0n) is 6.26. The number of carbonyl (C=O) groups excluding carboxylic acids is 1. The standard InChI is InChI=1S/C7H7N3OS/c11-3-5-6-4(1-2-8-6)9-7(12)10-5/h3,8H,1-2H2,(H,9,10,12). The summed E-state index contributed by atoms with van der Waals surface area (Å²) >= 11 is 4.85. The van der Waals surface area contributed by atoms with Gasteiger partial charge in [-0.25, -0.2) is 4.98 Å². The Morgan fingerprint density at radius 2 is 2.42 bits per heavy atom. The first-order valence-corrected chi connectivity index (χ1v) is 4.04. The maximum atomic E-state index is 10.6. The Hall–Kier alpha value is -1.23. The summed E-state index contributed by atoms with van der Waals surface area (Å²) in [7, 11) is 0. The number of fused-ring (bicyclic) bond motifs is 1. The van der Waals surface area contributed by atoms with E-state index in [0.29, 0.717) is 10.5 Å². The van der Waals surface area contributed by atoms with Crippen LogP contribution < -0.4 is 5.32 Å². The van der Waals surface area contributed by atoms with Crippen molar-refractivity contribution in [1.82, 2.24) is 9.97 Å². The molecule has 1 aromatic heterocycles. The summed E-state index contributed by atoms with van der Waals surface area (Å²) < 4.78 is 0.375. The van der Waals surface area contributed by atoms with Crippen molar-refractivity contribution < 1.29 is 4.79 Å². The van der Waals surface area contributed by atoms with Crippen molar-refractivity contribution in [2.24, 2.45) is 0 Å². The summed E-state index contributed by atoms with van der Waals surface area (Å²) in [5, 5.41) is 3.08. The quantitative estimate of drug-likeness (QED) is 0.499. The van der Waals surface area contributed by atoms with Crippen LogP contribution in [0.2, 0.25) is 0 Å². The van der Waals surface area contributed by atoms with Gasteiger partial charge in [-0.2, -0.15) is 0 Å². The number of hydrogen-bond acceptors (Lipinski definition) is 4. The van der Waals surface area contributed by atoms with Crippen LogP contribution in [-0.4, -0.2) is 22.8 Å². The minimum Gasteiger partial charge on any atom is -0.381 e. The third-order valence-corrected chi connectivity index (χ3v) is 2.02. The molecule has 0 saturated carbocycles. The van der Waals surface area contributed by atoms with E-state index < -0.39 is 0 Å². The van der Waals surface area contributed by atoms with Crippen LogP contribution >= 0.6 is 12.2 Å². The molecule has 2 rings (SSSR count). The van der Waals surface area contributed by atoms with Crippen LogP contribution in [-0.2, 0) is 6.42 Å². The zero-order valence-corrected chi connectivity index (χ0v) is 7.07. The summed E-state index contributed by atoms with van der Waals surface area (Å²) in [6.07, 6.45) is 1.60. The fourth-order valence-corrected chi connectivity index (χ4v) is 1.54. The second-order valence-electron chi connectivity index (χ2n) is 2.58. The molecule has 4 nitrogen and oxygen atoms in total. The molecule has 0 unspecified atom stereocenters. The molecule has 0 amide bonds. The van der Waals surface area contributed by atoms with Crippen molar-refractivity contribution in [3.63, 3.8) is 0 Å². The van der Waals surface area contributed by atoms with E-state index in [1.165, 1.54) is 0 Å². The molecule has 0 radical (unpaired) electrons. The lowest BCUT2D eigenvalue weighted by Gasteiger charge is -2.00. The maximum Gasteiger partial charge on any atom is 0.197 e. The van der Waals surface area contributed by atoms with Gasteiger partial charge < -0.3 is 10.3 Å². The van der Waals surface area contributed by atoms with Gasteiger partial charge in [-0.1, -0.05) is 0 Å². The van der Waals surface area contributed by atoms with E-state index in [4.69, 9.17) is 12.2 Å². The van der Waals surface area contributed by atoms with E-state index in [2.05, 4.69) is 15.3 Å². The van der Waals surface area contributed by atoms with Crippen LogP contribution in [0.4, 0.5) is 5.69 Å². The van der Waals surface area contributed by atoms with E-state index in [1.54, 1.807) is 0 Å². The number of aromatic nitrogens is 2. The van der Waals surface area contributed by atoms with Crippen molar-refractivity contribution in [1.29, 1.82) is 0 Å². The molecule has 1 aliphatic rings. The average Bonchev–Trinajstić information content (AvgIpc) is 2.50. The first-order valence-electron chi connectivity index (χ1n) is 3.63. The summed E-state index contributed by atoms with van der Waals surface area (Å²) in [4.78, 5) is 17.4. The Labute approximate surface area is 74.0 Å². The molecular formula is C7H7N3OS. The largest absolute Gasteiger partial charge is 0.381 e. The van der Waals surface area contributed by atoms with Crippen molar-refractivity contribution in [3.05, 3.63) is 16.2 Å². The van der Waals surface area contributed by atoms with E-state index in [0.717, 1.165) is 30.6 Å². The Morgan fingerprint density at radius 3 is 3.17 bits per heavy atom. The molecule has 0 atom stereocenters. The van der Waals surface area contributed by atoms with Crippen molar-refractivity contribution in [3.8, 4) is 0 Å². The van der Waals surface area contributed by atoms with Crippen LogP contribution in [0.3, 0.4) is 0 Å². The first kappa shape index (κ1) is 7.42. The molecule has 62 valence electrons. The van der Waals surface area contributed by atoms with Crippen LogP contribution in [0.15, 0.2) is 0 Å². The Balaban J connectivity index is 2.70. The van der Waals surface area contributed by atoms with Gasteiger partial charge in [0, 0.05) is 18.7 Å². The molecule has 1 aromatic rings. The highest BCUT2D eigenvalue weighted by atomic mass is 32.1. The fourth-order valence-electron chi connectivity index (χ4n) is 1.32. The number of nitrogens with one attached hydrogen (secondary N) is 2. The summed E-state index contributed by atoms with van der Waals surface area (Å²) in [6.45, 7) is 0.840. The highest BCUT2D eigenvalue weighted by Gasteiger charge is 2.15. The topological polar surface area (TPSA) is 57.8 Å². The van der Waals surface area contributed by atoms with Gasteiger partial charge in [0.2, 0.25) is 0 Å². The van der Waals surface area contributed by atoms with Crippen molar-refractivity contribution in [2.75, 3.05) is 11.9 Å². The van der Waals surface area contributed by atoms with Crippen LogP contribution in [0.1, 0.15) is 16.2 Å². The van der Waals surface area contributed by atoms with Gasteiger partial charge in [-0.3, -0.25) is 4.79 Å². The number of aromatic amines is 1. The minimum atomic E-state index is 0.375. The highest BCUT2D eigenvalue weighted by Crippen LogP contribution is 2.21. The molecular weight excluding hydrogens is 174 g/mol. The number of rotatable bonds is 1. The summed E-state index contributed by atoms with van der Waals surface area (Å²) in [5.41, 5.74) is 2.20. The van der Waals surface area contributed by atoms with Crippen LogP contribution in [0.5, 0.6) is 0 Å². The Kier molecular flexibility index (Phi) is 1.65. The Morgan fingerprint density at radius 1 is 1.58 bits per heavy atom. The van der Waals surface area contributed by atoms with Gasteiger partial charge in [0.25, 0.3) is 0 Å². The number of carbonyl (C=O) groups is 1. The molecule has 0 spiro atoms. The molecule has 12 heavy (non-hydrogen) atoms. The second-order valence-corrected chi connectivity index (χ2v) is 2.96. The third kappa shape index (κ3) is 1.02. The van der Waals surface area contributed by atoms with Gasteiger partial charge in [0.05, 0.1) is 5.69 Å². The molecule has 0 aliphatic carbocycles. The molecule has 1 aliphatic heterocycles. The molecule has 2 heterocycles. The summed E-state index contributed by atoms with van der Waals surface area (Å²) in [6, 6.07) is 0. The van der Waals surface area contributed by atoms with E-state index in [9.17, 15) is 4.79 Å². The average molecular weight is 181 g/mol. The lowest BCUT2D eigenvalue weighted by Crippen LogP contribution is -1.98. The van der Waals surface area contributed by atoms with E-state index in [1.807, 2.05) is 0 Å². The maximum absolute atomic E-state index is 10.6. The van der Waals surface area contributed by atoms with Gasteiger partial charge in [0.15, 0.2) is 11.1 Å². The molecule has 0 aromatic carbocycles. The predicted molar refractivity (Wildman–Crippen MR) is 47.0 cm³/mol. The molecule has 0 bridgehead atoms. The number of hydrogen-bond donors (Lipinski definition) is 2. The van der Waals surface area contributed by atoms with Gasteiger partial charge in [0.1, 0.15) is 5.69 Å². The predicted octanol–water partition coefficient (Wildman–Crippen LogP) is 0.920. The number of anilines is 1. The van der Waals surface area contributed by atoms with Crippen LogP contribution in [0, 0.1) is 4.77 Å². The molecule has 2 N–H and O–H groups in total. The molecule has 0 saturated heterocycles. The molecule has 0 fully saturated rings. The smallest absolute Gasteiger partial charge is 0.197 e. The normalized spacial score (nSPS) is 13.7. The minimum absolute atomic E-state index is 0.375. The highest BCUT2D eigenvalue weighted by molar-refractivity contribution is 7.71. The SMILES string of the molecule is O=Cc1nc(=S)[nH]c2c1NCC2. The van der Waals surface area contributed by atoms with Crippen molar-refractivity contribution in [2.45, 2.75) is 6.42 Å². The number of nitrogens with zero attached hydrogens (tertiary/aromatic N) is 1. The lowest BCUT2D eigenvalue weighted by molar-refractivity contribution is 0.111. The second kappa shape index (κ2) is 2.67. The van der Waals surface area contributed by atoms with Crippen molar-refractivity contribution >= 4 is 24.2 Å². The van der Waals surface area contributed by atoms with Gasteiger partial charge in [-0.15, -0.1) is 0 Å². The first-order chi connectivity index (χ1) is 5.81. The van der Waals surface area contributed by atoms with Gasteiger partial charge in [-0.05, 0) is 12.2 Å². The lowest BCUT2D eigenvalue weighted by atomic mass is 10.3. The fraction of sp³-hybridized carbons (Fsp3) is 0.286. The number of H-pyrrole nitrogens is 1. The van der Waals surface area contributed by atoms with E-state index >= 15 is 0 Å². The number of aldehydes is 1. The van der Waals surface area contributed by atoms with E-state index in [-0.39, 0.29) is 0 Å². The van der Waals surface area contributed by atoms with Crippen LogP contribution in [0.25, 0.3) is 0 Å².